The van der Waals surface area contributed by atoms with Gasteiger partial charge in [-0.1, -0.05) is 6.07 Å². The molecule has 0 N–H and O–H groups in total. The van der Waals surface area contributed by atoms with E-state index in [9.17, 15) is 4.79 Å². The van der Waals surface area contributed by atoms with Crippen LogP contribution in [-0.2, 0) is 7.05 Å². The minimum absolute atomic E-state index is 0.130. The van der Waals surface area contributed by atoms with Gasteiger partial charge >= 0.3 is 0 Å². The maximum absolute atomic E-state index is 12.7. The summed E-state index contributed by atoms with van der Waals surface area (Å²) in [4.78, 5) is 21.2. The van der Waals surface area contributed by atoms with Crippen molar-refractivity contribution in [3.05, 3.63) is 47.0 Å². The van der Waals surface area contributed by atoms with Gasteiger partial charge in [-0.25, -0.2) is 9.97 Å². The minimum Gasteiger partial charge on any atom is -0.494 e. The van der Waals surface area contributed by atoms with Crippen molar-refractivity contribution < 1.29 is 4.74 Å². The lowest BCUT2D eigenvalue weighted by molar-refractivity contribution is 0.418. The number of hydrogen-bond donors (Lipinski definition) is 0. The first-order valence-corrected chi connectivity index (χ1v) is 6.51. The monoisotopic (exact) mass is 285 g/mol. The summed E-state index contributed by atoms with van der Waals surface area (Å²) in [6.45, 7) is 1.89. The lowest BCUT2D eigenvalue weighted by Gasteiger charge is -2.14. The Morgan fingerprint density at radius 2 is 2.10 bits per heavy atom. The van der Waals surface area contributed by atoms with Crippen LogP contribution >= 0.6 is 0 Å². The van der Waals surface area contributed by atoms with Crippen molar-refractivity contribution >= 4 is 10.9 Å². The van der Waals surface area contributed by atoms with Crippen LogP contribution in [0.4, 0.5) is 0 Å². The summed E-state index contributed by atoms with van der Waals surface area (Å²) in [7, 11) is 3.35. The molecule has 2 aromatic heterocycles. The normalized spacial score (nSPS) is 12.5. The maximum Gasteiger partial charge on any atom is 0.261 e. The molecule has 0 aliphatic heterocycles. The molecule has 21 heavy (non-hydrogen) atoms. The molecule has 0 aliphatic rings. The zero-order chi connectivity index (χ0) is 15.0. The Morgan fingerprint density at radius 1 is 1.29 bits per heavy atom. The largest absolute Gasteiger partial charge is 0.494 e. The summed E-state index contributed by atoms with van der Waals surface area (Å²) in [6, 6.07) is 5.05. The van der Waals surface area contributed by atoms with Crippen molar-refractivity contribution in [3.8, 4) is 5.75 Å². The van der Waals surface area contributed by atoms with Crippen LogP contribution in [-0.4, -0.2) is 31.4 Å². The standard InChI is InChI=1S/C14H15N5O2/c1-9(13-15-7-17-18(13)2)19-8-16-12-10(14(19)20)5-4-6-11(12)21-3/h4-9H,1-3H3. The van der Waals surface area contributed by atoms with E-state index >= 15 is 0 Å². The molecule has 0 fully saturated rings. The van der Waals surface area contributed by atoms with Crippen molar-refractivity contribution in [3.63, 3.8) is 0 Å². The van der Waals surface area contributed by atoms with Crippen LogP contribution in [0.25, 0.3) is 10.9 Å². The molecule has 0 spiro atoms. The molecule has 2 heterocycles. The highest BCUT2D eigenvalue weighted by Gasteiger charge is 2.17. The highest BCUT2D eigenvalue weighted by atomic mass is 16.5. The molecule has 0 radical (unpaired) electrons. The van der Waals surface area contributed by atoms with Crippen molar-refractivity contribution in [2.45, 2.75) is 13.0 Å². The number of aromatic nitrogens is 5. The van der Waals surface area contributed by atoms with E-state index in [0.29, 0.717) is 22.5 Å². The van der Waals surface area contributed by atoms with Gasteiger partial charge in [0.2, 0.25) is 0 Å². The van der Waals surface area contributed by atoms with E-state index in [1.807, 2.05) is 6.92 Å². The van der Waals surface area contributed by atoms with Gasteiger partial charge in [0.05, 0.1) is 24.9 Å². The number of rotatable bonds is 3. The molecule has 7 nitrogen and oxygen atoms in total. The van der Waals surface area contributed by atoms with Crippen molar-refractivity contribution in [1.29, 1.82) is 0 Å². The van der Waals surface area contributed by atoms with E-state index in [1.165, 1.54) is 12.7 Å². The van der Waals surface area contributed by atoms with Crippen molar-refractivity contribution in [1.82, 2.24) is 24.3 Å². The predicted octanol–water partition coefficient (Wildman–Crippen LogP) is 1.14. The Hall–Kier alpha value is -2.70. The van der Waals surface area contributed by atoms with E-state index in [0.717, 1.165) is 0 Å². The molecule has 1 unspecified atom stereocenters. The Balaban J connectivity index is 2.20. The van der Waals surface area contributed by atoms with E-state index in [-0.39, 0.29) is 11.6 Å². The lowest BCUT2D eigenvalue weighted by Crippen LogP contribution is -2.26. The number of benzene rings is 1. The molecule has 3 aromatic rings. The van der Waals surface area contributed by atoms with Gasteiger partial charge in [0.15, 0.2) is 0 Å². The number of methoxy groups -OCH3 is 1. The Morgan fingerprint density at radius 3 is 2.76 bits per heavy atom. The van der Waals surface area contributed by atoms with Gasteiger partial charge in [0, 0.05) is 7.05 Å². The van der Waals surface area contributed by atoms with E-state index in [1.54, 1.807) is 41.6 Å². The number of para-hydroxylation sites is 1. The third kappa shape index (κ3) is 2.06. The fourth-order valence-electron chi connectivity index (χ4n) is 2.39. The highest BCUT2D eigenvalue weighted by Crippen LogP contribution is 2.21. The summed E-state index contributed by atoms with van der Waals surface area (Å²) in [5, 5.41) is 4.55. The topological polar surface area (TPSA) is 74.8 Å². The molecular weight excluding hydrogens is 270 g/mol. The SMILES string of the molecule is COc1cccc2c(=O)n(C(C)c3ncnn3C)cnc12. The first-order chi connectivity index (χ1) is 10.1. The molecule has 0 saturated carbocycles. The Kier molecular flexibility index (Phi) is 3.17. The smallest absolute Gasteiger partial charge is 0.261 e. The molecular formula is C14H15N5O2. The van der Waals surface area contributed by atoms with Gasteiger partial charge in [-0.05, 0) is 19.1 Å². The lowest BCUT2D eigenvalue weighted by atomic mass is 10.2. The van der Waals surface area contributed by atoms with Gasteiger partial charge in [0.25, 0.3) is 5.56 Å². The first kappa shape index (κ1) is 13.3. The fourth-order valence-corrected chi connectivity index (χ4v) is 2.39. The third-order valence-electron chi connectivity index (χ3n) is 3.53. The third-order valence-corrected chi connectivity index (χ3v) is 3.53. The van der Waals surface area contributed by atoms with Gasteiger partial charge in [0.1, 0.15) is 23.4 Å². The van der Waals surface area contributed by atoms with Gasteiger partial charge in [-0.15, -0.1) is 0 Å². The molecule has 7 heteroatoms. The Bertz CT molecular complexity index is 852. The number of ether oxygens (including phenoxy) is 1. The number of hydrogen-bond acceptors (Lipinski definition) is 5. The average molecular weight is 285 g/mol. The van der Waals surface area contributed by atoms with Crippen LogP contribution in [0.1, 0.15) is 18.8 Å². The average Bonchev–Trinajstić information content (AvgIpc) is 2.92. The summed E-state index contributed by atoms with van der Waals surface area (Å²) >= 11 is 0. The summed E-state index contributed by atoms with van der Waals surface area (Å²) in [5.41, 5.74) is 0.431. The summed E-state index contributed by atoms with van der Waals surface area (Å²) < 4.78 is 8.43. The van der Waals surface area contributed by atoms with Gasteiger partial charge in [-0.3, -0.25) is 14.0 Å². The van der Waals surface area contributed by atoms with E-state index in [4.69, 9.17) is 4.74 Å². The maximum atomic E-state index is 12.7. The zero-order valence-corrected chi connectivity index (χ0v) is 12.0. The number of fused-ring (bicyclic) bond motifs is 1. The second-order valence-corrected chi connectivity index (χ2v) is 4.73. The van der Waals surface area contributed by atoms with Crippen molar-refractivity contribution in [2.75, 3.05) is 7.11 Å². The fraction of sp³-hybridized carbons (Fsp3) is 0.286. The highest BCUT2D eigenvalue weighted by molar-refractivity contribution is 5.83. The molecule has 1 atom stereocenters. The molecule has 0 bridgehead atoms. The van der Waals surface area contributed by atoms with Gasteiger partial charge in [-0.2, -0.15) is 5.10 Å². The van der Waals surface area contributed by atoms with Crippen LogP contribution in [0, 0.1) is 0 Å². The first-order valence-electron chi connectivity index (χ1n) is 6.51. The second kappa shape index (κ2) is 5.01. The van der Waals surface area contributed by atoms with Gasteiger partial charge < -0.3 is 4.74 Å². The number of nitrogens with zero attached hydrogens (tertiary/aromatic N) is 5. The molecule has 0 aliphatic carbocycles. The Labute approximate surface area is 120 Å². The van der Waals surface area contributed by atoms with Crippen LogP contribution in [0.15, 0.2) is 35.6 Å². The quantitative estimate of drug-likeness (QED) is 0.721. The van der Waals surface area contributed by atoms with E-state index < -0.39 is 0 Å². The zero-order valence-electron chi connectivity index (χ0n) is 12.0. The van der Waals surface area contributed by atoms with Crippen LogP contribution < -0.4 is 10.3 Å². The van der Waals surface area contributed by atoms with Crippen LogP contribution in [0.5, 0.6) is 5.75 Å². The number of aryl methyl sites for hydroxylation is 1. The van der Waals surface area contributed by atoms with E-state index in [2.05, 4.69) is 15.1 Å². The van der Waals surface area contributed by atoms with Crippen LogP contribution in [0.3, 0.4) is 0 Å². The molecule has 3 rings (SSSR count). The summed E-state index contributed by atoms with van der Waals surface area (Å²) in [6.07, 6.45) is 2.99. The predicted molar refractivity (Wildman–Crippen MR) is 77.4 cm³/mol. The second-order valence-electron chi connectivity index (χ2n) is 4.73. The molecule has 0 saturated heterocycles. The molecule has 1 aromatic carbocycles. The molecule has 0 amide bonds. The van der Waals surface area contributed by atoms with Crippen LogP contribution in [0.2, 0.25) is 0 Å². The van der Waals surface area contributed by atoms with Crippen molar-refractivity contribution in [2.24, 2.45) is 7.05 Å². The minimum atomic E-state index is -0.256. The molecule has 108 valence electrons. The summed E-state index contributed by atoms with van der Waals surface area (Å²) in [5.74, 6) is 1.28.